The number of hydrogen-bond donors (Lipinski definition) is 1. The van der Waals surface area contributed by atoms with Crippen LogP contribution in [-0.2, 0) is 0 Å². The third-order valence-corrected chi connectivity index (χ3v) is 2.95. The predicted molar refractivity (Wildman–Crippen MR) is 52.1 cm³/mol. The number of hydrogen-bond acceptors (Lipinski definition) is 4. The van der Waals surface area contributed by atoms with E-state index in [0.717, 1.165) is 24.2 Å². The highest BCUT2D eigenvalue weighted by Crippen LogP contribution is 2.41. The average molecular weight is 255 g/mol. The van der Waals surface area contributed by atoms with Crippen LogP contribution in [0.3, 0.4) is 0 Å². The molecule has 0 unspecified atom stereocenters. The molecule has 0 radical (unpaired) electrons. The van der Waals surface area contributed by atoms with Crippen molar-refractivity contribution in [2.45, 2.75) is 18.8 Å². The molecule has 14 heavy (non-hydrogen) atoms. The molecule has 1 saturated carbocycles. The quantitative estimate of drug-likeness (QED) is 0.838. The molecule has 0 spiro atoms. The Morgan fingerprint density at radius 3 is 3.00 bits per heavy atom. The largest absolute Gasteiger partial charge is 0.479 e. The lowest BCUT2D eigenvalue weighted by molar-refractivity contribution is 0.411. The number of halogens is 1. The highest BCUT2D eigenvalue weighted by molar-refractivity contribution is 9.10. The summed E-state index contributed by atoms with van der Waals surface area (Å²) in [6, 6.07) is -0.0948. The third-order valence-electron chi connectivity index (χ3n) is 2.36. The van der Waals surface area contributed by atoms with Crippen molar-refractivity contribution in [3.8, 4) is 6.01 Å². The molecule has 0 saturated heterocycles. The van der Waals surface area contributed by atoms with E-state index in [2.05, 4.69) is 31.1 Å². The molecule has 2 aromatic rings. The molecular formula is C8H7BrN4O. The lowest BCUT2D eigenvalue weighted by Crippen LogP contribution is -1.96. The van der Waals surface area contributed by atoms with Crippen LogP contribution in [0.2, 0.25) is 0 Å². The van der Waals surface area contributed by atoms with E-state index in [-0.39, 0.29) is 6.01 Å². The summed E-state index contributed by atoms with van der Waals surface area (Å²) < 4.78 is 2.36. The highest BCUT2D eigenvalue weighted by atomic mass is 79.9. The molecule has 2 heterocycles. The van der Waals surface area contributed by atoms with Crippen LogP contribution in [0.1, 0.15) is 24.6 Å². The van der Waals surface area contributed by atoms with Gasteiger partial charge >= 0.3 is 6.01 Å². The molecular weight excluding hydrogens is 248 g/mol. The minimum absolute atomic E-state index is 0.0948. The van der Waals surface area contributed by atoms with Gasteiger partial charge in [-0.1, -0.05) is 5.10 Å². The maximum Gasteiger partial charge on any atom is 0.319 e. The van der Waals surface area contributed by atoms with Gasteiger partial charge in [0, 0.05) is 5.92 Å². The summed E-state index contributed by atoms with van der Waals surface area (Å²) in [5.74, 6) is 1.34. The van der Waals surface area contributed by atoms with Crippen molar-refractivity contribution in [3.05, 3.63) is 16.6 Å². The van der Waals surface area contributed by atoms with Gasteiger partial charge in [-0.05, 0) is 28.8 Å². The summed E-state index contributed by atoms with van der Waals surface area (Å²) in [5.41, 5.74) is 0.763. The second-order valence-corrected chi connectivity index (χ2v) is 4.15. The van der Waals surface area contributed by atoms with E-state index in [4.69, 9.17) is 0 Å². The van der Waals surface area contributed by atoms with Crippen LogP contribution >= 0.6 is 15.9 Å². The van der Waals surface area contributed by atoms with Gasteiger partial charge in [-0.2, -0.15) is 5.10 Å². The Morgan fingerprint density at radius 2 is 2.29 bits per heavy atom. The zero-order chi connectivity index (χ0) is 9.71. The van der Waals surface area contributed by atoms with Crippen molar-refractivity contribution in [1.82, 2.24) is 19.6 Å². The monoisotopic (exact) mass is 254 g/mol. The maximum atomic E-state index is 9.57. The molecule has 5 nitrogen and oxygen atoms in total. The zero-order valence-electron chi connectivity index (χ0n) is 7.18. The van der Waals surface area contributed by atoms with Crippen molar-refractivity contribution < 1.29 is 5.11 Å². The Labute approximate surface area is 87.9 Å². The fourth-order valence-electron chi connectivity index (χ4n) is 1.54. The first-order valence-corrected chi connectivity index (χ1v) is 5.15. The Bertz CT molecular complexity index is 505. The summed E-state index contributed by atoms with van der Waals surface area (Å²) in [5, 5.41) is 16.8. The van der Waals surface area contributed by atoms with Crippen molar-refractivity contribution in [1.29, 1.82) is 0 Å². The number of rotatable bonds is 1. The van der Waals surface area contributed by atoms with E-state index in [1.54, 1.807) is 10.6 Å². The number of fused-ring (bicyclic) bond motifs is 1. The van der Waals surface area contributed by atoms with Crippen LogP contribution < -0.4 is 0 Å². The van der Waals surface area contributed by atoms with Gasteiger partial charge in [0.25, 0.3) is 0 Å². The minimum atomic E-state index is -0.0948. The predicted octanol–water partition coefficient (Wildman–Crippen LogP) is 1.47. The summed E-state index contributed by atoms with van der Waals surface area (Å²) in [4.78, 5) is 4.35. The fraction of sp³-hybridized carbons (Fsp3) is 0.375. The molecule has 0 aliphatic heterocycles. The summed E-state index contributed by atoms with van der Waals surface area (Å²) in [7, 11) is 0. The van der Waals surface area contributed by atoms with Crippen molar-refractivity contribution in [2.24, 2.45) is 0 Å². The number of imidazole rings is 1. The van der Waals surface area contributed by atoms with E-state index < -0.39 is 0 Å². The van der Waals surface area contributed by atoms with Crippen LogP contribution in [0, 0.1) is 0 Å². The Kier molecular flexibility index (Phi) is 1.55. The second-order valence-electron chi connectivity index (χ2n) is 3.40. The number of aromatic nitrogens is 4. The van der Waals surface area contributed by atoms with E-state index >= 15 is 0 Å². The molecule has 0 aromatic carbocycles. The molecule has 0 atom stereocenters. The van der Waals surface area contributed by atoms with Gasteiger partial charge in [0.2, 0.25) is 0 Å². The van der Waals surface area contributed by atoms with Crippen LogP contribution in [-0.4, -0.2) is 24.7 Å². The number of nitrogens with zero attached hydrogens (tertiary/aromatic N) is 4. The second kappa shape index (κ2) is 2.66. The molecule has 72 valence electrons. The van der Waals surface area contributed by atoms with E-state index in [0.29, 0.717) is 10.5 Å². The first kappa shape index (κ1) is 8.16. The summed E-state index contributed by atoms with van der Waals surface area (Å²) in [6.07, 6.45) is 3.85. The van der Waals surface area contributed by atoms with Gasteiger partial charge < -0.3 is 5.11 Å². The Hall–Kier alpha value is -1.17. The van der Waals surface area contributed by atoms with Gasteiger partial charge in [-0.15, -0.1) is 0 Å². The maximum absolute atomic E-state index is 9.57. The smallest absolute Gasteiger partial charge is 0.319 e. The Morgan fingerprint density at radius 1 is 1.50 bits per heavy atom. The molecule has 0 amide bonds. The third kappa shape index (κ3) is 1.03. The van der Waals surface area contributed by atoms with Gasteiger partial charge in [-0.25, -0.2) is 9.38 Å². The number of aromatic hydroxyl groups is 1. The molecule has 1 N–H and O–H groups in total. The lowest BCUT2D eigenvalue weighted by atomic mass is 10.4. The van der Waals surface area contributed by atoms with Gasteiger partial charge in [-0.3, -0.25) is 0 Å². The zero-order valence-corrected chi connectivity index (χ0v) is 8.77. The van der Waals surface area contributed by atoms with Gasteiger partial charge in [0.15, 0.2) is 0 Å². The average Bonchev–Trinajstić information content (AvgIpc) is 2.94. The van der Waals surface area contributed by atoms with Crippen molar-refractivity contribution in [2.75, 3.05) is 0 Å². The topological polar surface area (TPSA) is 63.3 Å². The van der Waals surface area contributed by atoms with Crippen LogP contribution in [0.15, 0.2) is 10.8 Å². The summed E-state index contributed by atoms with van der Waals surface area (Å²) >= 11 is 3.34. The first-order valence-electron chi connectivity index (χ1n) is 4.36. The standard InChI is InChI=1S/C8H7BrN4O/c9-6-5-3-10-12-8(14)13(5)7(11-6)4-1-2-4/h3-4H,1-2H2,(H,12,14). The molecule has 1 aliphatic rings. The minimum Gasteiger partial charge on any atom is -0.479 e. The van der Waals surface area contributed by atoms with E-state index in [1.165, 1.54) is 0 Å². The first-order chi connectivity index (χ1) is 6.77. The van der Waals surface area contributed by atoms with Crippen molar-refractivity contribution in [3.63, 3.8) is 0 Å². The molecule has 3 rings (SSSR count). The van der Waals surface area contributed by atoms with Crippen LogP contribution in [0.4, 0.5) is 0 Å². The SMILES string of the molecule is Oc1nncc2c(Br)nc(C3CC3)n12. The van der Waals surface area contributed by atoms with Crippen molar-refractivity contribution >= 4 is 21.4 Å². The van der Waals surface area contributed by atoms with E-state index in [9.17, 15) is 5.11 Å². The summed E-state index contributed by atoms with van der Waals surface area (Å²) in [6.45, 7) is 0. The fourth-order valence-corrected chi connectivity index (χ4v) is 2.00. The van der Waals surface area contributed by atoms with Gasteiger partial charge in [0.05, 0.1) is 6.20 Å². The van der Waals surface area contributed by atoms with Gasteiger partial charge in [0.1, 0.15) is 15.9 Å². The molecule has 0 bridgehead atoms. The lowest BCUT2D eigenvalue weighted by Gasteiger charge is -1.98. The molecule has 6 heteroatoms. The normalized spacial score (nSPS) is 16.4. The van der Waals surface area contributed by atoms with Crippen LogP contribution in [0.5, 0.6) is 6.01 Å². The highest BCUT2D eigenvalue weighted by Gasteiger charge is 2.30. The van der Waals surface area contributed by atoms with E-state index in [1.807, 2.05) is 0 Å². The molecule has 2 aromatic heterocycles. The Balaban J connectivity index is 2.39. The van der Waals surface area contributed by atoms with Crippen LogP contribution in [0.25, 0.3) is 5.52 Å². The molecule has 1 aliphatic carbocycles. The molecule has 1 fully saturated rings.